The van der Waals surface area contributed by atoms with Crippen LogP contribution in [-0.2, 0) is 16.0 Å². The van der Waals surface area contributed by atoms with E-state index in [1.54, 1.807) is 4.68 Å². The lowest BCUT2D eigenvalue weighted by Crippen LogP contribution is -2.26. The molecular weight excluding hydrogens is 186 g/mol. The van der Waals surface area contributed by atoms with E-state index in [-0.39, 0.29) is 6.10 Å². The van der Waals surface area contributed by atoms with Gasteiger partial charge in [-0.15, -0.1) is 5.10 Å². The lowest BCUT2D eigenvalue weighted by atomic mass is 10.3. The van der Waals surface area contributed by atoms with Crippen molar-refractivity contribution >= 4 is 0 Å². The zero-order valence-corrected chi connectivity index (χ0v) is 7.80. The lowest BCUT2D eigenvalue weighted by molar-refractivity contribution is -0.0950. The maximum Gasteiger partial charge on any atom is 0.182 e. The molecule has 1 unspecified atom stereocenters. The van der Waals surface area contributed by atoms with Gasteiger partial charge in [-0.25, -0.2) is 4.68 Å². The highest BCUT2D eigenvalue weighted by Gasteiger charge is 2.22. The van der Waals surface area contributed by atoms with Crippen LogP contribution < -0.4 is 5.73 Å². The van der Waals surface area contributed by atoms with Gasteiger partial charge in [-0.1, -0.05) is 0 Å². The van der Waals surface area contributed by atoms with Crippen LogP contribution in [0.1, 0.15) is 11.9 Å². The molecule has 0 spiro atoms. The molecule has 78 valence electrons. The Hall–Kier alpha value is -1.05. The van der Waals surface area contributed by atoms with E-state index in [0.29, 0.717) is 38.7 Å². The summed E-state index contributed by atoms with van der Waals surface area (Å²) in [7, 11) is 0. The second-order valence-corrected chi connectivity index (χ2v) is 2.98. The molecule has 0 saturated carbocycles. The van der Waals surface area contributed by atoms with Crippen molar-refractivity contribution in [1.82, 2.24) is 20.2 Å². The van der Waals surface area contributed by atoms with Gasteiger partial charge in [0.25, 0.3) is 0 Å². The predicted octanol–water partition coefficient (Wildman–Crippen LogP) is -1.28. The van der Waals surface area contributed by atoms with Crippen LogP contribution >= 0.6 is 0 Å². The molecule has 7 heteroatoms. The highest BCUT2D eigenvalue weighted by molar-refractivity contribution is 4.89. The molecule has 0 aromatic carbocycles. The number of aromatic nitrogens is 4. The fraction of sp³-hybridized carbons (Fsp3) is 0.857. The SMILES string of the molecule is NCCn1nnnc1C1COCCO1. The van der Waals surface area contributed by atoms with Crippen molar-refractivity contribution in [3.8, 4) is 0 Å². The van der Waals surface area contributed by atoms with E-state index in [4.69, 9.17) is 15.2 Å². The molecule has 1 aliphatic heterocycles. The molecule has 0 radical (unpaired) electrons. The topological polar surface area (TPSA) is 88.1 Å². The number of hydrogen-bond donors (Lipinski definition) is 1. The summed E-state index contributed by atoms with van der Waals surface area (Å²) in [4.78, 5) is 0. The number of tetrazole rings is 1. The summed E-state index contributed by atoms with van der Waals surface area (Å²) < 4.78 is 12.4. The highest BCUT2D eigenvalue weighted by Crippen LogP contribution is 2.17. The monoisotopic (exact) mass is 199 g/mol. The summed E-state index contributed by atoms with van der Waals surface area (Å²) in [5.74, 6) is 0.690. The minimum Gasteiger partial charge on any atom is -0.376 e. The Bertz CT molecular complexity index is 283. The van der Waals surface area contributed by atoms with Crippen LogP contribution in [0.15, 0.2) is 0 Å². The first kappa shape index (κ1) is 9.50. The molecular formula is C7H13N5O2. The molecule has 1 saturated heterocycles. The van der Waals surface area contributed by atoms with E-state index < -0.39 is 0 Å². The van der Waals surface area contributed by atoms with Crippen LogP contribution in [0.3, 0.4) is 0 Å². The van der Waals surface area contributed by atoms with Gasteiger partial charge in [-0.3, -0.25) is 0 Å². The Kier molecular flexibility index (Phi) is 3.02. The molecule has 0 bridgehead atoms. The summed E-state index contributed by atoms with van der Waals surface area (Å²) in [6.45, 7) is 2.83. The Morgan fingerprint density at radius 1 is 1.50 bits per heavy atom. The lowest BCUT2D eigenvalue weighted by Gasteiger charge is -2.21. The van der Waals surface area contributed by atoms with Crippen molar-refractivity contribution in [2.45, 2.75) is 12.6 Å². The Labute approximate surface area is 81.2 Å². The smallest absolute Gasteiger partial charge is 0.182 e. The van der Waals surface area contributed by atoms with Gasteiger partial charge >= 0.3 is 0 Å². The van der Waals surface area contributed by atoms with Gasteiger partial charge in [0.1, 0.15) is 6.10 Å². The normalized spacial score (nSPS) is 22.5. The van der Waals surface area contributed by atoms with E-state index in [1.165, 1.54) is 0 Å². The van der Waals surface area contributed by atoms with Crippen molar-refractivity contribution in [3.63, 3.8) is 0 Å². The summed E-state index contributed by atoms with van der Waals surface area (Å²) >= 11 is 0. The molecule has 2 N–H and O–H groups in total. The van der Waals surface area contributed by atoms with E-state index >= 15 is 0 Å². The van der Waals surface area contributed by atoms with Crippen molar-refractivity contribution < 1.29 is 9.47 Å². The van der Waals surface area contributed by atoms with Gasteiger partial charge in [0.15, 0.2) is 5.82 Å². The molecule has 7 nitrogen and oxygen atoms in total. The molecule has 0 amide bonds. The zero-order valence-electron chi connectivity index (χ0n) is 7.80. The summed E-state index contributed by atoms with van der Waals surface area (Å²) in [5.41, 5.74) is 5.43. The van der Waals surface area contributed by atoms with Gasteiger partial charge in [0, 0.05) is 6.54 Å². The van der Waals surface area contributed by atoms with Gasteiger partial charge in [-0.05, 0) is 10.4 Å². The summed E-state index contributed by atoms with van der Waals surface area (Å²) in [6, 6.07) is 0. The van der Waals surface area contributed by atoms with E-state index in [1.807, 2.05) is 0 Å². The van der Waals surface area contributed by atoms with E-state index in [0.717, 1.165) is 0 Å². The molecule has 1 aromatic rings. The van der Waals surface area contributed by atoms with Crippen molar-refractivity contribution in [1.29, 1.82) is 0 Å². The Balaban J connectivity index is 2.09. The van der Waals surface area contributed by atoms with Gasteiger partial charge in [0.2, 0.25) is 0 Å². The number of nitrogens with two attached hydrogens (primary N) is 1. The largest absolute Gasteiger partial charge is 0.376 e. The summed E-state index contributed by atoms with van der Waals surface area (Å²) in [6.07, 6.45) is -0.162. The number of ether oxygens (including phenoxy) is 2. The molecule has 1 atom stereocenters. The highest BCUT2D eigenvalue weighted by atomic mass is 16.6. The molecule has 2 rings (SSSR count). The van der Waals surface area contributed by atoms with Gasteiger partial charge in [-0.2, -0.15) is 0 Å². The van der Waals surface area contributed by atoms with Crippen molar-refractivity contribution in [2.24, 2.45) is 5.73 Å². The first-order valence-corrected chi connectivity index (χ1v) is 4.57. The van der Waals surface area contributed by atoms with Crippen molar-refractivity contribution in [2.75, 3.05) is 26.4 Å². The third kappa shape index (κ3) is 1.89. The third-order valence-corrected chi connectivity index (χ3v) is 2.00. The molecule has 1 fully saturated rings. The molecule has 0 aliphatic carbocycles. The predicted molar refractivity (Wildman–Crippen MR) is 46.4 cm³/mol. The molecule has 14 heavy (non-hydrogen) atoms. The van der Waals surface area contributed by atoms with Crippen LogP contribution in [-0.4, -0.2) is 46.6 Å². The number of rotatable bonds is 3. The average molecular weight is 199 g/mol. The fourth-order valence-corrected chi connectivity index (χ4v) is 1.36. The van der Waals surface area contributed by atoms with Crippen LogP contribution in [0.2, 0.25) is 0 Å². The quantitative estimate of drug-likeness (QED) is 0.652. The van der Waals surface area contributed by atoms with E-state index in [9.17, 15) is 0 Å². The summed E-state index contributed by atoms with van der Waals surface area (Å²) in [5, 5.41) is 11.3. The first-order chi connectivity index (χ1) is 6.92. The van der Waals surface area contributed by atoms with Gasteiger partial charge in [0.05, 0.1) is 26.4 Å². The molecule has 2 heterocycles. The average Bonchev–Trinajstić information content (AvgIpc) is 2.68. The van der Waals surface area contributed by atoms with Crippen molar-refractivity contribution in [3.05, 3.63) is 5.82 Å². The Morgan fingerprint density at radius 2 is 2.43 bits per heavy atom. The van der Waals surface area contributed by atoms with Crippen LogP contribution in [0.4, 0.5) is 0 Å². The Morgan fingerprint density at radius 3 is 3.14 bits per heavy atom. The molecule has 1 aromatic heterocycles. The fourth-order valence-electron chi connectivity index (χ4n) is 1.36. The molecule has 1 aliphatic rings. The van der Waals surface area contributed by atoms with Gasteiger partial charge < -0.3 is 15.2 Å². The number of hydrogen-bond acceptors (Lipinski definition) is 6. The maximum atomic E-state index is 5.48. The third-order valence-electron chi connectivity index (χ3n) is 2.00. The van der Waals surface area contributed by atoms with E-state index in [2.05, 4.69) is 15.5 Å². The minimum atomic E-state index is -0.162. The second kappa shape index (κ2) is 4.45. The minimum absolute atomic E-state index is 0.162. The van der Waals surface area contributed by atoms with Crippen LogP contribution in [0.25, 0.3) is 0 Å². The van der Waals surface area contributed by atoms with Crippen LogP contribution in [0, 0.1) is 0 Å². The zero-order chi connectivity index (χ0) is 9.80. The standard InChI is InChI=1S/C7H13N5O2/c8-1-2-12-7(9-10-11-12)6-5-13-3-4-14-6/h6H,1-5,8H2. The second-order valence-electron chi connectivity index (χ2n) is 2.98. The maximum absolute atomic E-state index is 5.48. The number of nitrogens with zero attached hydrogens (tertiary/aromatic N) is 4. The first-order valence-electron chi connectivity index (χ1n) is 4.57. The van der Waals surface area contributed by atoms with Crippen LogP contribution in [0.5, 0.6) is 0 Å².